The third-order valence-corrected chi connectivity index (χ3v) is 6.72. The Morgan fingerprint density at radius 1 is 1.06 bits per heavy atom. The summed E-state index contributed by atoms with van der Waals surface area (Å²) in [5, 5.41) is 9.42. The maximum atomic E-state index is 12.9. The first-order valence-electron chi connectivity index (χ1n) is 11.6. The number of piperidine rings is 1. The number of hydrogen-bond donors (Lipinski definition) is 2. The molecule has 0 radical (unpaired) electrons. The van der Waals surface area contributed by atoms with E-state index in [0.29, 0.717) is 31.1 Å². The van der Waals surface area contributed by atoms with Gasteiger partial charge in [0.25, 0.3) is 17.7 Å². The van der Waals surface area contributed by atoms with Gasteiger partial charge in [-0.3, -0.25) is 38.9 Å². The molecule has 2 N–H and O–H groups in total. The number of amides is 5. The summed E-state index contributed by atoms with van der Waals surface area (Å²) in [4.78, 5) is 62.5. The minimum Gasteiger partial charge on any atom is -0.351 e. The Balaban J connectivity index is 1.16. The smallest absolute Gasteiger partial charge is 0.271 e. The van der Waals surface area contributed by atoms with E-state index >= 15 is 0 Å². The van der Waals surface area contributed by atoms with Gasteiger partial charge in [0.15, 0.2) is 0 Å². The zero-order valence-electron chi connectivity index (χ0n) is 18.6. The highest BCUT2D eigenvalue weighted by atomic mass is 16.2. The van der Waals surface area contributed by atoms with Crippen molar-refractivity contribution in [1.29, 1.82) is 0 Å². The Bertz CT molecular complexity index is 1200. The molecule has 0 spiro atoms. The van der Waals surface area contributed by atoms with Gasteiger partial charge in [-0.2, -0.15) is 5.10 Å². The second-order valence-electron chi connectivity index (χ2n) is 8.95. The number of benzene rings is 1. The van der Waals surface area contributed by atoms with E-state index in [1.807, 2.05) is 10.9 Å². The summed E-state index contributed by atoms with van der Waals surface area (Å²) in [5.41, 5.74) is 1.78. The molecule has 3 heterocycles. The summed E-state index contributed by atoms with van der Waals surface area (Å²) in [6, 6.07) is 6.20. The summed E-state index contributed by atoms with van der Waals surface area (Å²) in [5.74, 6) is -2.28. The molecule has 1 unspecified atom stereocenters. The highest BCUT2D eigenvalue weighted by Crippen LogP contribution is 2.31. The van der Waals surface area contributed by atoms with E-state index in [0.717, 1.165) is 23.3 Å². The average molecular weight is 463 g/mol. The van der Waals surface area contributed by atoms with Crippen molar-refractivity contribution in [3.8, 4) is 0 Å². The Morgan fingerprint density at radius 2 is 1.85 bits per heavy atom. The summed E-state index contributed by atoms with van der Waals surface area (Å²) >= 11 is 0. The number of carbonyl (C=O) groups excluding carboxylic acids is 5. The van der Waals surface area contributed by atoms with E-state index in [9.17, 15) is 24.0 Å². The van der Waals surface area contributed by atoms with E-state index in [-0.39, 0.29) is 29.9 Å². The first-order chi connectivity index (χ1) is 16.4. The molecule has 5 rings (SSSR count). The predicted molar refractivity (Wildman–Crippen MR) is 119 cm³/mol. The molecule has 176 valence electrons. The van der Waals surface area contributed by atoms with Crippen LogP contribution in [0, 0.1) is 0 Å². The van der Waals surface area contributed by atoms with Crippen LogP contribution in [-0.2, 0) is 16.0 Å². The Kier molecular flexibility index (Phi) is 5.72. The van der Waals surface area contributed by atoms with Gasteiger partial charge in [-0.15, -0.1) is 0 Å². The van der Waals surface area contributed by atoms with E-state index in [2.05, 4.69) is 15.7 Å². The van der Waals surface area contributed by atoms with Crippen molar-refractivity contribution < 1.29 is 24.0 Å². The Labute approximate surface area is 195 Å². The van der Waals surface area contributed by atoms with Crippen LogP contribution in [0.5, 0.6) is 0 Å². The van der Waals surface area contributed by atoms with Crippen LogP contribution >= 0.6 is 0 Å². The molecular weight excluding hydrogens is 438 g/mol. The Morgan fingerprint density at radius 3 is 2.59 bits per heavy atom. The number of nitrogens with one attached hydrogen (secondary N) is 2. The molecule has 10 nitrogen and oxygen atoms in total. The molecule has 1 saturated heterocycles. The number of hydrogen-bond acceptors (Lipinski definition) is 6. The molecule has 1 aliphatic carbocycles. The van der Waals surface area contributed by atoms with Crippen molar-refractivity contribution in [3.05, 3.63) is 52.8 Å². The standard InChI is InChI=1S/C24H25N5O5/c30-20-9-8-19(22(32)26-20)29-23(33)16-7-6-14(13-17(16)24(29)34)3-2-11-25-21(31)18-10-12-28(27-18)15-4-1-5-15/h6-7,10,12-13,15,19H,1-5,8-9,11H2,(H,25,31)(H,26,30,32). The average Bonchev–Trinajstić information content (AvgIpc) is 3.34. The fourth-order valence-corrected chi connectivity index (χ4v) is 4.57. The third kappa shape index (κ3) is 4.00. The number of fused-ring (bicyclic) bond motifs is 1. The molecule has 1 aromatic heterocycles. The van der Waals surface area contributed by atoms with Crippen LogP contribution in [-0.4, -0.2) is 56.8 Å². The minimum atomic E-state index is -0.975. The van der Waals surface area contributed by atoms with Crippen LogP contribution in [0.15, 0.2) is 30.5 Å². The van der Waals surface area contributed by atoms with Crippen LogP contribution in [0.4, 0.5) is 0 Å². The van der Waals surface area contributed by atoms with E-state index < -0.39 is 29.7 Å². The summed E-state index contributed by atoms with van der Waals surface area (Å²) in [7, 11) is 0. The number of aryl methyl sites for hydroxylation is 1. The van der Waals surface area contributed by atoms with Crippen LogP contribution < -0.4 is 10.6 Å². The first kappa shape index (κ1) is 22.0. The van der Waals surface area contributed by atoms with Crippen molar-refractivity contribution in [2.24, 2.45) is 0 Å². The molecule has 2 aromatic rings. The van der Waals surface area contributed by atoms with Gasteiger partial charge in [0.05, 0.1) is 17.2 Å². The van der Waals surface area contributed by atoms with Crippen molar-refractivity contribution in [3.63, 3.8) is 0 Å². The molecule has 2 aliphatic heterocycles. The SMILES string of the molecule is O=C1CCC(N2C(=O)c3ccc(CCCNC(=O)c4ccn(C5CCC5)n4)cc3C2=O)C(=O)N1. The van der Waals surface area contributed by atoms with Gasteiger partial charge in [0, 0.05) is 19.2 Å². The molecule has 0 bridgehead atoms. The van der Waals surface area contributed by atoms with Gasteiger partial charge < -0.3 is 5.32 Å². The van der Waals surface area contributed by atoms with Crippen molar-refractivity contribution in [2.45, 2.75) is 57.0 Å². The lowest BCUT2D eigenvalue weighted by Gasteiger charge is -2.27. The molecule has 2 fully saturated rings. The van der Waals surface area contributed by atoms with E-state index in [4.69, 9.17) is 0 Å². The van der Waals surface area contributed by atoms with Crippen molar-refractivity contribution >= 4 is 29.5 Å². The van der Waals surface area contributed by atoms with Crippen molar-refractivity contribution in [1.82, 2.24) is 25.3 Å². The number of rotatable bonds is 7. The largest absolute Gasteiger partial charge is 0.351 e. The van der Waals surface area contributed by atoms with Gasteiger partial charge >= 0.3 is 0 Å². The molecule has 5 amide bonds. The molecule has 3 aliphatic rings. The van der Waals surface area contributed by atoms with Gasteiger partial charge in [0.2, 0.25) is 11.8 Å². The molecule has 10 heteroatoms. The number of aromatic nitrogens is 2. The third-order valence-electron chi connectivity index (χ3n) is 6.72. The number of nitrogens with zero attached hydrogens (tertiary/aromatic N) is 3. The molecule has 1 atom stereocenters. The molecule has 1 saturated carbocycles. The van der Waals surface area contributed by atoms with E-state index in [1.54, 1.807) is 24.3 Å². The molecule has 34 heavy (non-hydrogen) atoms. The topological polar surface area (TPSA) is 130 Å². The zero-order chi connectivity index (χ0) is 23.8. The lowest BCUT2D eigenvalue weighted by molar-refractivity contribution is -0.136. The quantitative estimate of drug-likeness (QED) is 0.471. The summed E-state index contributed by atoms with van der Waals surface area (Å²) in [6.07, 6.45) is 6.70. The van der Waals surface area contributed by atoms with Crippen LogP contribution in [0.2, 0.25) is 0 Å². The van der Waals surface area contributed by atoms with Gasteiger partial charge in [-0.1, -0.05) is 6.07 Å². The van der Waals surface area contributed by atoms with Gasteiger partial charge in [0.1, 0.15) is 11.7 Å². The zero-order valence-corrected chi connectivity index (χ0v) is 18.6. The molecular formula is C24H25N5O5. The van der Waals surface area contributed by atoms with Crippen molar-refractivity contribution in [2.75, 3.05) is 6.54 Å². The Hall–Kier alpha value is -3.82. The maximum absolute atomic E-state index is 12.9. The van der Waals surface area contributed by atoms with Crippen LogP contribution in [0.1, 0.15) is 81.3 Å². The second-order valence-corrected chi connectivity index (χ2v) is 8.95. The monoisotopic (exact) mass is 463 g/mol. The highest BCUT2D eigenvalue weighted by molar-refractivity contribution is 6.23. The lowest BCUT2D eigenvalue weighted by Crippen LogP contribution is -2.54. The maximum Gasteiger partial charge on any atom is 0.271 e. The van der Waals surface area contributed by atoms with Crippen LogP contribution in [0.3, 0.4) is 0 Å². The normalized spacial score (nSPS) is 20.2. The minimum absolute atomic E-state index is 0.0849. The van der Waals surface area contributed by atoms with Gasteiger partial charge in [-0.25, -0.2) is 0 Å². The number of imide groups is 2. The number of carbonyl (C=O) groups is 5. The van der Waals surface area contributed by atoms with Gasteiger partial charge in [-0.05, 0) is 62.3 Å². The molecule has 1 aromatic carbocycles. The lowest BCUT2D eigenvalue weighted by atomic mass is 9.93. The first-order valence-corrected chi connectivity index (χ1v) is 11.6. The fourth-order valence-electron chi connectivity index (χ4n) is 4.57. The summed E-state index contributed by atoms with van der Waals surface area (Å²) < 4.78 is 1.86. The highest BCUT2D eigenvalue weighted by Gasteiger charge is 2.44. The predicted octanol–water partition coefficient (Wildman–Crippen LogP) is 1.37. The van der Waals surface area contributed by atoms with E-state index in [1.165, 1.54) is 6.42 Å². The summed E-state index contributed by atoms with van der Waals surface area (Å²) in [6.45, 7) is 0.446. The van der Waals surface area contributed by atoms with Crippen LogP contribution in [0.25, 0.3) is 0 Å². The second kappa shape index (κ2) is 8.85. The fraction of sp³-hybridized carbons (Fsp3) is 0.417.